The topological polar surface area (TPSA) is 94.2 Å². The number of nitrogens with zero attached hydrogens (tertiary/aromatic N) is 5. The molecule has 4 rings (SSSR count). The van der Waals surface area contributed by atoms with E-state index in [4.69, 9.17) is 0 Å². The molecule has 160 valence electrons. The van der Waals surface area contributed by atoms with E-state index in [1.54, 1.807) is 35.2 Å². The van der Waals surface area contributed by atoms with Gasteiger partial charge in [0.15, 0.2) is 5.13 Å². The Kier molecular flexibility index (Phi) is 5.50. The van der Waals surface area contributed by atoms with Gasteiger partial charge in [0.05, 0.1) is 5.39 Å². The number of fused-ring (bicyclic) bond motifs is 1. The molecule has 1 N–H and O–H groups in total. The molecule has 0 bridgehead atoms. The highest BCUT2D eigenvalue weighted by Crippen LogP contribution is 2.27. The molecule has 0 radical (unpaired) electrons. The van der Waals surface area contributed by atoms with E-state index in [1.165, 1.54) is 11.6 Å². The van der Waals surface area contributed by atoms with Crippen molar-refractivity contribution >= 4 is 33.4 Å². The van der Waals surface area contributed by atoms with Crippen molar-refractivity contribution in [1.82, 2.24) is 24.0 Å². The van der Waals surface area contributed by atoms with Crippen LogP contribution < -0.4 is 21.5 Å². The van der Waals surface area contributed by atoms with Gasteiger partial charge in [-0.15, -0.1) is 11.3 Å². The number of nitrogens with one attached hydrogen (secondary N) is 1. The summed E-state index contributed by atoms with van der Waals surface area (Å²) in [5, 5.41) is 6.35. The van der Waals surface area contributed by atoms with Crippen LogP contribution in [-0.4, -0.2) is 43.7 Å². The lowest BCUT2D eigenvalue weighted by Gasteiger charge is -2.24. The predicted molar refractivity (Wildman–Crippen MR) is 118 cm³/mol. The van der Waals surface area contributed by atoms with Gasteiger partial charge < -0.3 is 14.8 Å². The monoisotopic (exact) mass is 430 g/mol. The normalized spacial score (nSPS) is 16.5. The van der Waals surface area contributed by atoms with E-state index < -0.39 is 5.69 Å². The number of thiazole rings is 1. The van der Waals surface area contributed by atoms with Gasteiger partial charge >= 0.3 is 5.69 Å². The lowest BCUT2D eigenvalue weighted by molar-refractivity contribution is 0.0942. The fraction of sp³-hybridized carbons (Fsp3) is 0.500. The molecule has 1 fully saturated rings. The van der Waals surface area contributed by atoms with Gasteiger partial charge in [-0.1, -0.05) is 6.92 Å². The summed E-state index contributed by atoms with van der Waals surface area (Å²) in [5.74, 6) is -0.236. The predicted octanol–water partition coefficient (Wildman–Crippen LogP) is 1.30. The van der Waals surface area contributed by atoms with Gasteiger partial charge in [0.1, 0.15) is 11.3 Å². The first kappa shape index (κ1) is 20.4. The minimum Gasteiger partial charge on any atom is -0.349 e. The number of rotatable bonds is 6. The van der Waals surface area contributed by atoms with Crippen LogP contribution in [0, 0.1) is 0 Å². The lowest BCUT2D eigenvalue weighted by Crippen LogP contribution is -2.40. The first-order valence-electron chi connectivity index (χ1n) is 10.2. The van der Waals surface area contributed by atoms with Crippen molar-refractivity contribution in [2.75, 3.05) is 18.0 Å². The fourth-order valence-electron chi connectivity index (χ4n) is 4.24. The van der Waals surface area contributed by atoms with Gasteiger partial charge in [0, 0.05) is 51.3 Å². The summed E-state index contributed by atoms with van der Waals surface area (Å²) in [5.41, 5.74) is 0.104. The molecule has 1 saturated heterocycles. The summed E-state index contributed by atoms with van der Waals surface area (Å²) in [6, 6.07) is 1.80. The van der Waals surface area contributed by atoms with Gasteiger partial charge in [-0.05, 0) is 25.3 Å². The van der Waals surface area contributed by atoms with E-state index >= 15 is 0 Å². The average molecular weight is 431 g/mol. The molecule has 9 nitrogen and oxygen atoms in total. The quantitative estimate of drug-likeness (QED) is 0.636. The van der Waals surface area contributed by atoms with Crippen LogP contribution in [-0.2, 0) is 20.6 Å². The van der Waals surface area contributed by atoms with Crippen LogP contribution in [0.5, 0.6) is 0 Å². The Morgan fingerprint density at radius 1 is 1.30 bits per heavy atom. The summed E-state index contributed by atoms with van der Waals surface area (Å²) >= 11 is 1.60. The average Bonchev–Trinajstić information content (AvgIpc) is 3.48. The molecule has 0 aliphatic carbocycles. The Bertz CT molecular complexity index is 1190. The molecule has 1 amide bonds. The van der Waals surface area contributed by atoms with E-state index in [-0.39, 0.29) is 17.5 Å². The summed E-state index contributed by atoms with van der Waals surface area (Å²) < 4.78 is 4.29. The van der Waals surface area contributed by atoms with Crippen molar-refractivity contribution < 1.29 is 4.79 Å². The summed E-state index contributed by atoms with van der Waals surface area (Å²) in [6.45, 7) is 3.98. The summed E-state index contributed by atoms with van der Waals surface area (Å²) in [4.78, 5) is 44.7. The third-order valence-corrected chi connectivity index (χ3v) is 6.52. The Hall–Kier alpha value is -2.88. The zero-order valence-electron chi connectivity index (χ0n) is 17.4. The Balaban J connectivity index is 1.64. The molecule has 0 saturated carbocycles. The molecule has 30 heavy (non-hydrogen) atoms. The van der Waals surface area contributed by atoms with Gasteiger partial charge in [-0.3, -0.25) is 18.7 Å². The van der Waals surface area contributed by atoms with Crippen LogP contribution in [0.15, 0.2) is 27.2 Å². The Morgan fingerprint density at radius 3 is 2.80 bits per heavy atom. The number of amides is 1. The number of aryl methyl sites for hydroxylation is 2. The molecular weight excluding hydrogens is 404 g/mol. The third-order valence-electron chi connectivity index (χ3n) is 5.72. The van der Waals surface area contributed by atoms with Crippen molar-refractivity contribution in [3.05, 3.63) is 44.2 Å². The summed E-state index contributed by atoms with van der Waals surface area (Å²) in [7, 11) is 3.08. The zero-order valence-corrected chi connectivity index (χ0v) is 18.2. The lowest BCUT2D eigenvalue weighted by atomic mass is 10.2. The number of hydrogen-bond donors (Lipinski definition) is 1. The molecule has 0 aromatic carbocycles. The van der Waals surface area contributed by atoms with Gasteiger partial charge in [-0.2, -0.15) is 0 Å². The standard InChI is InChI=1S/C20H26N6O3S/c1-4-8-26-15(11-14-17(26)23(2)20(29)24(3)18(14)28)16(27)22-12-13-6-5-9-25(13)19-21-7-10-30-19/h7,10-11,13H,4-6,8-9,12H2,1-3H3,(H,22,27). The highest BCUT2D eigenvalue weighted by Gasteiger charge is 2.27. The van der Waals surface area contributed by atoms with Crippen LogP contribution in [0.3, 0.4) is 0 Å². The Morgan fingerprint density at radius 2 is 2.10 bits per heavy atom. The molecule has 1 unspecified atom stereocenters. The first-order chi connectivity index (χ1) is 14.4. The second kappa shape index (κ2) is 8.10. The first-order valence-corrected chi connectivity index (χ1v) is 11.1. The van der Waals surface area contributed by atoms with E-state index in [1.807, 2.05) is 12.3 Å². The second-order valence-corrected chi connectivity index (χ2v) is 8.51. The number of carbonyl (C=O) groups is 1. The molecular formula is C20H26N6O3S. The number of carbonyl (C=O) groups excluding carboxylic acids is 1. The highest BCUT2D eigenvalue weighted by atomic mass is 32.1. The van der Waals surface area contributed by atoms with Crippen molar-refractivity contribution in [2.24, 2.45) is 14.1 Å². The van der Waals surface area contributed by atoms with Crippen molar-refractivity contribution in [2.45, 2.75) is 38.8 Å². The molecule has 0 spiro atoms. The fourth-order valence-corrected chi connectivity index (χ4v) is 4.98. The largest absolute Gasteiger partial charge is 0.349 e. The minimum atomic E-state index is -0.403. The number of aromatic nitrogens is 4. The van der Waals surface area contributed by atoms with Crippen LogP contribution in [0.2, 0.25) is 0 Å². The van der Waals surface area contributed by atoms with E-state index in [0.717, 1.165) is 35.5 Å². The van der Waals surface area contributed by atoms with Crippen LogP contribution >= 0.6 is 11.3 Å². The number of anilines is 1. The van der Waals surface area contributed by atoms with Gasteiger partial charge in [-0.25, -0.2) is 9.78 Å². The van der Waals surface area contributed by atoms with Gasteiger partial charge in [0.2, 0.25) is 0 Å². The third kappa shape index (κ3) is 3.34. The van der Waals surface area contributed by atoms with Gasteiger partial charge in [0.25, 0.3) is 11.5 Å². The molecule has 1 atom stereocenters. The smallest absolute Gasteiger partial charge is 0.332 e. The molecule has 10 heteroatoms. The second-order valence-electron chi connectivity index (χ2n) is 7.64. The SMILES string of the molecule is CCCn1c(C(=O)NCC2CCCN2c2nccs2)cc2c(=O)n(C)c(=O)n(C)c21. The van der Waals surface area contributed by atoms with Crippen molar-refractivity contribution in [1.29, 1.82) is 0 Å². The zero-order chi connectivity index (χ0) is 21.4. The molecule has 1 aliphatic rings. The van der Waals surface area contributed by atoms with Crippen LogP contribution in [0.25, 0.3) is 11.0 Å². The molecule has 4 heterocycles. The summed E-state index contributed by atoms with van der Waals surface area (Å²) in [6.07, 6.45) is 4.62. The maximum atomic E-state index is 13.1. The van der Waals surface area contributed by atoms with Crippen LogP contribution in [0.4, 0.5) is 5.13 Å². The minimum absolute atomic E-state index is 0.196. The van der Waals surface area contributed by atoms with E-state index in [2.05, 4.69) is 15.2 Å². The van der Waals surface area contributed by atoms with Crippen molar-refractivity contribution in [3.63, 3.8) is 0 Å². The van der Waals surface area contributed by atoms with E-state index in [0.29, 0.717) is 29.8 Å². The van der Waals surface area contributed by atoms with Crippen molar-refractivity contribution in [3.8, 4) is 0 Å². The molecule has 3 aromatic rings. The molecule has 3 aromatic heterocycles. The van der Waals surface area contributed by atoms with E-state index in [9.17, 15) is 14.4 Å². The highest BCUT2D eigenvalue weighted by molar-refractivity contribution is 7.13. The molecule has 1 aliphatic heterocycles. The Labute approximate surface area is 177 Å². The maximum absolute atomic E-state index is 13.1. The van der Waals surface area contributed by atoms with Crippen LogP contribution in [0.1, 0.15) is 36.7 Å². The maximum Gasteiger partial charge on any atom is 0.332 e. The number of hydrogen-bond acceptors (Lipinski definition) is 6.